The van der Waals surface area contributed by atoms with E-state index in [4.69, 9.17) is 14.0 Å². The third-order valence-corrected chi connectivity index (χ3v) is 1.79. The molecule has 0 radical (unpaired) electrons. The monoisotopic (exact) mass is 172 g/mol. The zero-order chi connectivity index (χ0) is 9.56. The highest BCUT2D eigenvalue weighted by atomic mass is 16.7. The summed E-state index contributed by atoms with van der Waals surface area (Å²) in [4.78, 5) is 0. The van der Waals surface area contributed by atoms with Crippen molar-refractivity contribution in [3.63, 3.8) is 0 Å². The number of hydrogen-bond donors (Lipinski definition) is 0. The zero-order valence-electron chi connectivity index (χ0n) is 8.51. The summed E-state index contributed by atoms with van der Waals surface area (Å²) in [5.41, 5.74) is 1.20. The lowest BCUT2D eigenvalue weighted by molar-refractivity contribution is 0.168. The summed E-state index contributed by atoms with van der Waals surface area (Å²) in [6.45, 7) is 6.01. The van der Waals surface area contributed by atoms with Crippen molar-refractivity contribution in [3.8, 4) is 0 Å². The summed E-state index contributed by atoms with van der Waals surface area (Å²) in [6.07, 6.45) is 0.978. The Morgan fingerprint density at radius 3 is 2.00 bits per heavy atom. The first-order chi connectivity index (χ1) is 5.65. The van der Waals surface area contributed by atoms with Gasteiger partial charge in [0, 0.05) is 14.2 Å². The van der Waals surface area contributed by atoms with Crippen LogP contribution in [0, 0.1) is 0 Å². The van der Waals surface area contributed by atoms with Crippen LogP contribution in [-0.4, -0.2) is 21.5 Å². The molecule has 4 heteroatoms. The lowest BCUT2D eigenvalue weighted by Crippen LogP contribution is -2.23. The number of hydrogen-bond acceptors (Lipinski definition) is 3. The molecule has 12 heavy (non-hydrogen) atoms. The lowest BCUT2D eigenvalue weighted by atomic mass is 10.2. The molecule has 0 aliphatic rings. The molecule has 0 N–H and O–H groups in total. The first-order valence-electron chi connectivity index (χ1n) is 4.04. The van der Waals surface area contributed by atoms with Gasteiger partial charge in [-0.1, -0.05) is 6.92 Å². The predicted octanol–water partition coefficient (Wildman–Crippen LogP) is 1.98. The van der Waals surface area contributed by atoms with Crippen LogP contribution in [0.2, 0.25) is 0 Å². The Kier molecular flexibility index (Phi) is 5.85. The molecule has 70 valence electrons. The fourth-order valence-corrected chi connectivity index (χ4v) is 0.686. The van der Waals surface area contributed by atoms with Crippen LogP contribution in [0.15, 0.2) is 11.3 Å². The van der Waals surface area contributed by atoms with Gasteiger partial charge in [-0.25, -0.2) is 0 Å². The smallest absolute Gasteiger partial charge is 0.516 e. The van der Waals surface area contributed by atoms with Gasteiger partial charge in [0.15, 0.2) is 0 Å². The topological polar surface area (TPSA) is 27.7 Å². The van der Waals surface area contributed by atoms with Crippen LogP contribution in [0.4, 0.5) is 0 Å². The van der Waals surface area contributed by atoms with Crippen LogP contribution in [-0.2, 0) is 14.0 Å². The summed E-state index contributed by atoms with van der Waals surface area (Å²) in [5.74, 6) is 0.867. The van der Waals surface area contributed by atoms with Gasteiger partial charge in [-0.15, -0.1) is 0 Å². The summed E-state index contributed by atoms with van der Waals surface area (Å²) in [7, 11) is 2.50. The van der Waals surface area contributed by atoms with Gasteiger partial charge in [-0.2, -0.15) is 0 Å². The molecule has 0 aliphatic heterocycles. The second-order valence-corrected chi connectivity index (χ2v) is 2.57. The van der Waals surface area contributed by atoms with Gasteiger partial charge < -0.3 is 14.0 Å². The Bertz CT molecular complexity index is 152. The molecule has 0 fully saturated rings. The van der Waals surface area contributed by atoms with Crippen molar-refractivity contribution in [2.24, 2.45) is 0 Å². The van der Waals surface area contributed by atoms with Gasteiger partial charge in [-0.05, 0) is 25.8 Å². The molecule has 0 heterocycles. The number of rotatable bonds is 5. The second-order valence-electron chi connectivity index (χ2n) is 2.57. The average Bonchev–Trinajstić information content (AvgIpc) is 2.12. The fraction of sp³-hybridized carbons (Fsp3) is 0.750. The van der Waals surface area contributed by atoms with E-state index >= 15 is 0 Å². The van der Waals surface area contributed by atoms with Crippen molar-refractivity contribution >= 4 is 7.32 Å². The van der Waals surface area contributed by atoms with Crippen LogP contribution >= 0.6 is 0 Å². The van der Waals surface area contributed by atoms with Crippen LogP contribution in [0.3, 0.4) is 0 Å². The van der Waals surface area contributed by atoms with E-state index in [-0.39, 0.29) is 0 Å². The zero-order valence-corrected chi connectivity index (χ0v) is 8.51. The first kappa shape index (κ1) is 11.5. The van der Waals surface area contributed by atoms with E-state index in [1.165, 1.54) is 5.57 Å². The molecule has 0 atom stereocenters. The molecule has 0 bridgehead atoms. The van der Waals surface area contributed by atoms with E-state index in [9.17, 15) is 0 Å². The molecular weight excluding hydrogens is 155 g/mol. The third-order valence-electron chi connectivity index (χ3n) is 1.79. The average molecular weight is 172 g/mol. The minimum absolute atomic E-state index is 0.591. The summed E-state index contributed by atoms with van der Waals surface area (Å²) in [5, 5.41) is 0. The maximum atomic E-state index is 5.34. The van der Waals surface area contributed by atoms with Gasteiger partial charge in [-0.3, -0.25) is 0 Å². The van der Waals surface area contributed by atoms with E-state index < -0.39 is 7.32 Å². The molecule has 0 aromatic heterocycles. The molecule has 0 amide bonds. The standard InChI is InChI=1S/C8H17BO3/c1-6-7(2)8(3)12-9(10-4)11-5/h6H2,1-5H3/b8-7-. The van der Waals surface area contributed by atoms with E-state index in [2.05, 4.69) is 6.92 Å². The van der Waals surface area contributed by atoms with Crippen LogP contribution < -0.4 is 0 Å². The SMILES string of the molecule is CC/C(C)=C(/C)OB(OC)OC. The van der Waals surface area contributed by atoms with Crippen molar-refractivity contribution in [2.45, 2.75) is 27.2 Å². The Morgan fingerprint density at radius 1 is 1.17 bits per heavy atom. The molecule has 0 aromatic rings. The number of allylic oxidation sites excluding steroid dienone is 2. The molecule has 0 spiro atoms. The maximum absolute atomic E-state index is 5.34. The highest BCUT2D eigenvalue weighted by Gasteiger charge is 2.19. The van der Waals surface area contributed by atoms with Crippen LogP contribution in [0.25, 0.3) is 0 Å². The quantitative estimate of drug-likeness (QED) is 0.468. The fourth-order valence-electron chi connectivity index (χ4n) is 0.686. The van der Waals surface area contributed by atoms with Crippen molar-refractivity contribution < 1.29 is 14.0 Å². The Balaban J connectivity index is 4.05. The van der Waals surface area contributed by atoms with Crippen LogP contribution in [0.5, 0.6) is 0 Å². The molecule has 3 nitrogen and oxygen atoms in total. The molecule has 0 aliphatic carbocycles. The van der Waals surface area contributed by atoms with Gasteiger partial charge in [0.05, 0.1) is 5.76 Å². The largest absolute Gasteiger partial charge is 0.712 e. The molecule has 0 aromatic carbocycles. The minimum Gasteiger partial charge on any atom is -0.516 e. The predicted molar refractivity (Wildman–Crippen MR) is 49.5 cm³/mol. The van der Waals surface area contributed by atoms with Crippen molar-refractivity contribution in [1.29, 1.82) is 0 Å². The lowest BCUT2D eigenvalue weighted by Gasteiger charge is -2.12. The Hall–Kier alpha value is -0.475. The van der Waals surface area contributed by atoms with E-state index in [1.807, 2.05) is 13.8 Å². The molecular formula is C8H17BO3. The Morgan fingerprint density at radius 2 is 1.67 bits per heavy atom. The van der Waals surface area contributed by atoms with E-state index in [0.717, 1.165) is 12.2 Å². The highest BCUT2D eigenvalue weighted by Crippen LogP contribution is 2.09. The minimum atomic E-state index is -0.591. The van der Waals surface area contributed by atoms with Crippen molar-refractivity contribution in [2.75, 3.05) is 14.2 Å². The van der Waals surface area contributed by atoms with Crippen LogP contribution in [0.1, 0.15) is 27.2 Å². The maximum Gasteiger partial charge on any atom is 0.712 e. The van der Waals surface area contributed by atoms with Gasteiger partial charge in [0.2, 0.25) is 0 Å². The summed E-state index contributed by atoms with van der Waals surface area (Å²) >= 11 is 0. The second kappa shape index (κ2) is 6.09. The van der Waals surface area contributed by atoms with Gasteiger partial charge in [0.25, 0.3) is 0 Å². The molecule has 0 saturated heterocycles. The van der Waals surface area contributed by atoms with E-state index in [1.54, 1.807) is 14.2 Å². The van der Waals surface area contributed by atoms with Crippen molar-refractivity contribution in [1.82, 2.24) is 0 Å². The molecule has 0 unspecified atom stereocenters. The molecule has 0 saturated carbocycles. The van der Waals surface area contributed by atoms with E-state index in [0.29, 0.717) is 0 Å². The van der Waals surface area contributed by atoms with Gasteiger partial charge in [0.1, 0.15) is 0 Å². The summed E-state index contributed by atoms with van der Waals surface area (Å²) < 4.78 is 15.1. The highest BCUT2D eigenvalue weighted by molar-refractivity contribution is 6.36. The third kappa shape index (κ3) is 3.78. The molecule has 0 rings (SSSR count). The normalized spacial score (nSPS) is 12.4. The summed E-state index contributed by atoms with van der Waals surface area (Å²) in [6, 6.07) is 0. The Labute approximate surface area is 74.9 Å². The first-order valence-corrected chi connectivity index (χ1v) is 4.04. The van der Waals surface area contributed by atoms with Crippen molar-refractivity contribution in [3.05, 3.63) is 11.3 Å². The van der Waals surface area contributed by atoms with Gasteiger partial charge >= 0.3 is 7.32 Å².